The highest BCUT2D eigenvalue weighted by molar-refractivity contribution is 5.95. The van der Waals surface area contributed by atoms with E-state index >= 15 is 0 Å². The van der Waals surface area contributed by atoms with Crippen molar-refractivity contribution in [1.82, 2.24) is 10.3 Å². The minimum atomic E-state index is -0.152. The maximum atomic E-state index is 12.6. The largest absolute Gasteiger partial charge is 0.368 e. The Morgan fingerprint density at radius 3 is 2.58 bits per heavy atom. The Morgan fingerprint density at radius 2 is 1.96 bits per heavy atom. The van der Waals surface area contributed by atoms with Gasteiger partial charge in [-0.15, -0.1) is 0 Å². The lowest BCUT2D eigenvalue weighted by Gasteiger charge is -2.29. The van der Waals surface area contributed by atoms with Gasteiger partial charge in [-0.25, -0.2) is 4.98 Å². The minimum Gasteiger partial charge on any atom is -0.368 e. The molecule has 1 aromatic heterocycles. The summed E-state index contributed by atoms with van der Waals surface area (Å²) in [5.74, 6) is 0.445. The predicted molar refractivity (Wildman–Crippen MR) is 97.4 cm³/mol. The molecule has 2 N–H and O–H groups in total. The summed E-state index contributed by atoms with van der Waals surface area (Å²) in [6.07, 6.45) is 2.60. The molecule has 0 radical (unpaired) electrons. The maximum Gasteiger partial charge on any atom is 0.233 e. The minimum absolute atomic E-state index is 0.00822. The van der Waals surface area contributed by atoms with Crippen LogP contribution in [0.4, 0.5) is 11.5 Å². The van der Waals surface area contributed by atoms with Crippen LogP contribution in [0.25, 0.3) is 0 Å². The highest BCUT2D eigenvalue weighted by Gasteiger charge is 2.19. The van der Waals surface area contributed by atoms with Crippen molar-refractivity contribution >= 4 is 17.4 Å². The van der Waals surface area contributed by atoms with Gasteiger partial charge in [0.1, 0.15) is 5.82 Å². The number of carbonyl (C=O) groups excluding carboxylic acids is 1. The highest BCUT2D eigenvalue weighted by Crippen LogP contribution is 2.22. The molecule has 1 saturated heterocycles. The number of anilines is 2. The first kappa shape index (κ1) is 16.5. The molecule has 1 atom stereocenters. The van der Waals surface area contributed by atoms with Crippen LogP contribution in [-0.4, -0.2) is 37.1 Å². The van der Waals surface area contributed by atoms with Crippen LogP contribution >= 0.6 is 0 Å². The summed E-state index contributed by atoms with van der Waals surface area (Å²) in [5, 5.41) is 6.28. The summed E-state index contributed by atoms with van der Waals surface area (Å²) >= 11 is 0. The van der Waals surface area contributed by atoms with Crippen molar-refractivity contribution in [2.75, 3.05) is 36.4 Å². The number of nitrogens with one attached hydrogen (secondary N) is 2. The second-order valence-electron chi connectivity index (χ2n) is 6.00. The van der Waals surface area contributed by atoms with Crippen molar-refractivity contribution in [2.24, 2.45) is 0 Å². The zero-order valence-electron chi connectivity index (χ0n) is 14.0. The second-order valence-corrected chi connectivity index (χ2v) is 6.00. The number of benzene rings is 1. The number of carbonyl (C=O) groups is 1. The molecule has 0 aliphatic carbocycles. The fourth-order valence-electron chi connectivity index (χ4n) is 3.04. The second kappa shape index (κ2) is 7.93. The number of nitrogens with zero attached hydrogens (tertiary/aromatic N) is 2. The third-order valence-corrected chi connectivity index (χ3v) is 4.41. The van der Waals surface area contributed by atoms with Crippen molar-refractivity contribution in [3.05, 3.63) is 54.2 Å². The van der Waals surface area contributed by atoms with Gasteiger partial charge in [0.15, 0.2) is 0 Å². The summed E-state index contributed by atoms with van der Waals surface area (Å²) in [5.41, 5.74) is 2.14. The van der Waals surface area contributed by atoms with Crippen LogP contribution in [0.15, 0.2) is 48.7 Å². The molecular formula is C19H24N4O. The number of hydrogen-bond acceptors (Lipinski definition) is 4. The van der Waals surface area contributed by atoms with Gasteiger partial charge in [0.05, 0.1) is 17.8 Å². The molecule has 1 fully saturated rings. The average Bonchev–Trinajstić information content (AvgIpc) is 2.64. The fraction of sp³-hybridized carbons (Fsp3) is 0.368. The van der Waals surface area contributed by atoms with Crippen LogP contribution in [0.2, 0.25) is 0 Å². The van der Waals surface area contributed by atoms with Gasteiger partial charge in [0.2, 0.25) is 5.91 Å². The third-order valence-electron chi connectivity index (χ3n) is 4.41. The first-order valence-corrected chi connectivity index (χ1v) is 8.55. The molecule has 0 spiro atoms. The van der Waals surface area contributed by atoms with Gasteiger partial charge in [-0.1, -0.05) is 37.3 Å². The number of pyridine rings is 1. The molecule has 3 rings (SSSR count). The Hall–Kier alpha value is -2.40. The third kappa shape index (κ3) is 3.92. The summed E-state index contributed by atoms with van der Waals surface area (Å²) in [4.78, 5) is 19.3. The van der Waals surface area contributed by atoms with E-state index in [-0.39, 0.29) is 11.8 Å². The van der Waals surface area contributed by atoms with Crippen molar-refractivity contribution in [3.63, 3.8) is 0 Å². The van der Waals surface area contributed by atoms with Crippen LogP contribution in [-0.2, 0) is 4.79 Å². The van der Waals surface area contributed by atoms with Crippen LogP contribution in [0.3, 0.4) is 0 Å². The van der Waals surface area contributed by atoms with Crippen molar-refractivity contribution < 1.29 is 4.79 Å². The number of amides is 1. The Bertz CT molecular complexity index is 651. The van der Waals surface area contributed by atoms with E-state index in [1.807, 2.05) is 55.6 Å². The first-order valence-electron chi connectivity index (χ1n) is 8.55. The van der Waals surface area contributed by atoms with E-state index in [0.29, 0.717) is 5.82 Å². The molecule has 1 unspecified atom stereocenters. The summed E-state index contributed by atoms with van der Waals surface area (Å²) < 4.78 is 0. The SMILES string of the molecule is CCC(C(=O)Nc1ccc(N2CCNCC2)cn1)c1ccccc1. The quantitative estimate of drug-likeness (QED) is 0.888. The molecule has 0 bridgehead atoms. The van der Waals surface area contributed by atoms with Gasteiger partial charge in [-0.05, 0) is 24.1 Å². The molecule has 126 valence electrons. The fourth-order valence-corrected chi connectivity index (χ4v) is 3.04. The Labute approximate surface area is 143 Å². The van der Waals surface area contributed by atoms with Gasteiger partial charge in [-0.2, -0.15) is 0 Å². The number of hydrogen-bond donors (Lipinski definition) is 2. The molecule has 5 heteroatoms. The molecule has 2 aromatic rings. The Morgan fingerprint density at radius 1 is 1.21 bits per heavy atom. The standard InChI is InChI=1S/C19H24N4O/c1-2-17(15-6-4-3-5-7-15)19(24)22-18-9-8-16(14-21-18)23-12-10-20-11-13-23/h3-9,14,17,20H,2,10-13H2,1H3,(H,21,22,24). The van der Waals surface area contributed by atoms with E-state index in [1.165, 1.54) is 0 Å². The summed E-state index contributed by atoms with van der Waals surface area (Å²) in [6.45, 7) is 5.98. The van der Waals surface area contributed by atoms with Crippen LogP contribution < -0.4 is 15.5 Å². The number of aromatic nitrogens is 1. The topological polar surface area (TPSA) is 57.3 Å². The molecule has 1 aromatic carbocycles. The normalized spacial score (nSPS) is 15.8. The smallest absolute Gasteiger partial charge is 0.233 e. The molecule has 1 amide bonds. The Balaban J connectivity index is 1.65. The average molecular weight is 324 g/mol. The Kier molecular flexibility index (Phi) is 5.43. The maximum absolute atomic E-state index is 12.6. The lowest BCUT2D eigenvalue weighted by Crippen LogP contribution is -2.43. The van der Waals surface area contributed by atoms with Crippen LogP contribution in [0, 0.1) is 0 Å². The zero-order valence-corrected chi connectivity index (χ0v) is 14.0. The van der Waals surface area contributed by atoms with Gasteiger partial charge in [0.25, 0.3) is 0 Å². The lowest BCUT2D eigenvalue weighted by atomic mass is 9.96. The van der Waals surface area contributed by atoms with E-state index in [4.69, 9.17) is 0 Å². The number of rotatable bonds is 5. The van der Waals surface area contributed by atoms with Crippen molar-refractivity contribution in [1.29, 1.82) is 0 Å². The predicted octanol–water partition coefficient (Wildman–Crippen LogP) is 2.62. The molecule has 2 heterocycles. The lowest BCUT2D eigenvalue weighted by molar-refractivity contribution is -0.117. The van der Waals surface area contributed by atoms with Crippen LogP contribution in [0.5, 0.6) is 0 Å². The highest BCUT2D eigenvalue weighted by atomic mass is 16.1. The van der Waals surface area contributed by atoms with E-state index < -0.39 is 0 Å². The summed E-state index contributed by atoms with van der Waals surface area (Å²) in [7, 11) is 0. The number of piperazine rings is 1. The van der Waals surface area contributed by atoms with Gasteiger partial charge >= 0.3 is 0 Å². The molecule has 5 nitrogen and oxygen atoms in total. The van der Waals surface area contributed by atoms with Gasteiger partial charge in [-0.3, -0.25) is 4.79 Å². The van der Waals surface area contributed by atoms with E-state index in [9.17, 15) is 4.79 Å². The zero-order chi connectivity index (χ0) is 16.8. The van der Waals surface area contributed by atoms with Gasteiger partial charge in [0, 0.05) is 26.2 Å². The van der Waals surface area contributed by atoms with Crippen molar-refractivity contribution in [2.45, 2.75) is 19.3 Å². The molecule has 24 heavy (non-hydrogen) atoms. The monoisotopic (exact) mass is 324 g/mol. The van der Waals surface area contributed by atoms with Crippen LogP contribution in [0.1, 0.15) is 24.8 Å². The summed E-state index contributed by atoms with van der Waals surface area (Å²) in [6, 6.07) is 13.8. The van der Waals surface area contributed by atoms with E-state index in [2.05, 4.69) is 20.5 Å². The molecular weight excluding hydrogens is 300 g/mol. The van der Waals surface area contributed by atoms with E-state index in [0.717, 1.165) is 43.9 Å². The molecule has 0 saturated carbocycles. The van der Waals surface area contributed by atoms with E-state index in [1.54, 1.807) is 0 Å². The molecule has 1 aliphatic rings. The van der Waals surface area contributed by atoms with Crippen molar-refractivity contribution in [3.8, 4) is 0 Å². The van der Waals surface area contributed by atoms with Gasteiger partial charge < -0.3 is 15.5 Å². The first-order chi connectivity index (χ1) is 11.8. The molecule has 1 aliphatic heterocycles.